The number of primary amides is 1. The number of carbonyl (C=O) groups is 4. The zero-order chi connectivity index (χ0) is 33.3. The number of hydrogen-bond donors (Lipinski definition) is 6. The minimum Gasteiger partial charge on any atom is -0.478 e. The molecule has 0 fully saturated rings. The number of nitrogen functional groups attached to an aromatic ring is 1. The Kier molecular flexibility index (Phi) is 8.37. The molecular formula is C28H21FN8O8S. The van der Waals surface area contributed by atoms with Crippen molar-refractivity contribution >= 4 is 53.1 Å². The van der Waals surface area contributed by atoms with Gasteiger partial charge in [-0.3, -0.25) is 24.0 Å². The number of aromatic nitrogens is 3. The first-order valence-corrected chi connectivity index (χ1v) is 13.5. The molecule has 0 spiro atoms. The molecule has 8 N–H and O–H groups in total. The first kappa shape index (κ1) is 31.1. The number of carbonyl (C=O) groups excluding carboxylic acids is 3. The van der Waals surface area contributed by atoms with E-state index in [1.165, 1.54) is 36.4 Å². The van der Waals surface area contributed by atoms with E-state index < -0.39 is 46.4 Å². The van der Waals surface area contributed by atoms with Crippen LogP contribution in [0, 0.1) is 10.7 Å². The van der Waals surface area contributed by atoms with E-state index in [1.807, 2.05) is 0 Å². The molecule has 3 aromatic carbocycles. The van der Waals surface area contributed by atoms with Crippen LogP contribution < -0.4 is 38.3 Å². The van der Waals surface area contributed by atoms with E-state index in [-0.39, 0.29) is 63.2 Å². The fraction of sp³-hybridized carbons (Fsp3) is 0.107. The van der Waals surface area contributed by atoms with Gasteiger partial charge in [0.15, 0.2) is 0 Å². The summed E-state index contributed by atoms with van der Waals surface area (Å²) in [5, 5.41) is 20.4. The summed E-state index contributed by atoms with van der Waals surface area (Å²) in [5.41, 5.74) is 9.15. The molecule has 1 atom stereocenters. The second kappa shape index (κ2) is 12.4. The maximum Gasteiger partial charge on any atom is 0.335 e. The molecule has 0 unspecified atom stereocenters. The van der Waals surface area contributed by atoms with Gasteiger partial charge in [0.2, 0.25) is 5.91 Å². The zero-order valence-corrected chi connectivity index (χ0v) is 24.0. The number of carboxylic acid groups (broad SMARTS) is 1. The van der Waals surface area contributed by atoms with Crippen molar-refractivity contribution < 1.29 is 33.2 Å². The first-order chi connectivity index (χ1) is 21.8. The molecule has 0 saturated heterocycles. The highest BCUT2D eigenvalue weighted by atomic mass is 32.1. The van der Waals surface area contributed by atoms with Crippen molar-refractivity contribution in [3.8, 4) is 0 Å². The van der Waals surface area contributed by atoms with Gasteiger partial charge in [-0.15, -0.1) is 0 Å². The van der Waals surface area contributed by atoms with Gasteiger partial charge in [0.25, 0.3) is 28.4 Å². The normalized spacial score (nSPS) is 11.7. The number of nitrogens with one attached hydrogen (secondary N) is 3. The summed E-state index contributed by atoms with van der Waals surface area (Å²) < 4.78 is 20.4. The highest BCUT2D eigenvalue weighted by molar-refractivity contribution is 7.71. The van der Waals surface area contributed by atoms with Crippen molar-refractivity contribution in [2.75, 3.05) is 11.1 Å². The fourth-order valence-electron chi connectivity index (χ4n) is 4.39. The fourth-order valence-corrected chi connectivity index (χ4v) is 4.61. The average molecular weight is 649 g/mol. The summed E-state index contributed by atoms with van der Waals surface area (Å²) >= 11 is 5.09. The van der Waals surface area contributed by atoms with Crippen LogP contribution in [0.4, 0.5) is 15.8 Å². The van der Waals surface area contributed by atoms with Crippen molar-refractivity contribution in [1.82, 2.24) is 25.2 Å². The Labute approximate surface area is 260 Å². The highest BCUT2D eigenvalue weighted by Crippen LogP contribution is 2.18. The molecule has 0 aliphatic carbocycles. The molecule has 2 aromatic heterocycles. The third-order valence-electron chi connectivity index (χ3n) is 6.81. The Morgan fingerprint density at radius 2 is 1.74 bits per heavy atom. The number of aromatic carboxylic acids is 1. The number of carboxylic acids is 1. The van der Waals surface area contributed by atoms with E-state index in [9.17, 15) is 33.2 Å². The van der Waals surface area contributed by atoms with Gasteiger partial charge in [0.1, 0.15) is 34.6 Å². The van der Waals surface area contributed by atoms with Crippen LogP contribution in [-0.2, 0) is 17.9 Å². The molecule has 2 heterocycles. The molecule has 5 rings (SSSR count). The van der Waals surface area contributed by atoms with Crippen molar-refractivity contribution in [3.63, 3.8) is 0 Å². The Morgan fingerprint density at radius 3 is 2.39 bits per heavy atom. The lowest BCUT2D eigenvalue weighted by molar-refractivity contribution is -0.120. The van der Waals surface area contributed by atoms with E-state index in [4.69, 9.17) is 33.3 Å². The molecule has 0 bridgehead atoms. The summed E-state index contributed by atoms with van der Waals surface area (Å²) in [7, 11) is 0. The topological polar surface area (TPSA) is 254 Å². The van der Waals surface area contributed by atoms with E-state index in [0.717, 1.165) is 16.5 Å². The van der Waals surface area contributed by atoms with Crippen LogP contribution in [0.25, 0.3) is 5.78 Å². The molecule has 0 saturated carbocycles. The van der Waals surface area contributed by atoms with Gasteiger partial charge in [-0.2, -0.15) is 0 Å². The van der Waals surface area contributed by atoms with Gasteiger partial charge < -0.3 is 37.0 Å². The highest BCUT2D eigenvalue weighted by Gasteiger charge is 2.25. The number of nitrogens with zero attached hydrogens (tertiary/aromatic N) is 3. The average Bonchev–Trinajstić information content (AvgIpc) is 3.42. The Morgan fingerprint density at radius 1 is 1.02 bits per heavy atom. The minimum absolute atomic E-state index is 0.0558. The second-order valence-electron chi connectivity index (χ2n) is 9.76. The van der Waals surface area contributed by atoms with Crippen molar-refractivity contribution in [2.45, 2.75) is 19.1 Å². The molecule has 3 amide bonds. The number of nitrogens with two attached hydrogens (primary N) is 2. The zero-order valence-electron chi connectivity index (χ0n) is 23.2. The van der Waals surface area contributed by atoms with Gasteiger partial charge in [-0.1, -0.05) is 18.2 Å². The van der Waals surface area contributed by atoms with Crippen molar-refractivity contribution in [3.05, 3.63) is 113 Å². The van der Waals surface area contributed by atoms with Crippen LogP contribution in [-0.4, -0.2) is 43.3 Å². The summed E-state index contributed by atoms with van der Waals surface area (Å²) in [6.07, 6.45) is 0. The first-order valence-electron chi connectivity index (χ1n) is 13.1. The van der Waals surface area contributed by atoms with Gasteiger partial charge in [0, 0.05) is 18.7 Å². The predicted molar refractivity (Wildman–Crippen MR) is 160 cm³/mol. The number of anilines is 2. The molecule has 0 aliphatic heterocycles. The van der Waals surface area contributed by atoms with Gasteiger partial charge in [0.05, 0.1) is 5.56 Å². The Bertz CT molecular complexity index is 2190. The summed E-state index contributed by atoms with van der Waals surface area (Å²) in [4.78, 5) is 76.6. The third-order valence-corrected chi connectivity index (χ3v) is 7.06. The molecule has 0 aliphatic rings. The maximum absolute atomic E-state index is 14.4. The van der Waals surface area contributed by atoms with Crippen LogP contribution in [0.5, 0.6) is 0 Å². The molecule has 18 heteroatoms. The lowest BCUT2D eigenvalue weighted by Crippen LogP contribution is -2.38. The largest absolute Gasteiger partial charge is 0.478 e. The monoisotopic (exact) mass is 648 g/mol. The number of amides is 3. The molecule has 16 nitrogen and oxygen atoms in total. The number of hydrogen-bond acceptors (Lipinski definition) is 12. The van der Waals surface area contributed by atoms with E-state index >= 15 is 0 Å². The number of fused-ring (bicyclic) bond motifs is 1. The lowest BCUT2D eigenvalue weighted by atomic mass is 10.0. The van der Waals surface area contributed by atoms with Crippen LogP contribution in [0.2, 0.25) is 0 Å². The van der Waals surface area contributed by atoms with Crippen molar-refractivity contribution in [2.24, 2.45) is 5.73 Å². The SMILES string of the molecule is NC(=O)[C@H](NC(=O)c1cc(C(=O)NCc2ccc(F)c(CNc3c(N)c(=O)c3=O)c2)nc2noc(=S)n12)c1ccc(C(=O)O)cc1. The second-order valence-corrected chi connectivity index (χ2v) is 10.1. The van der Waals surface area contributed by atoms with Gasteiger partial charge >= 0.3 is 10.8 Å². The number of halogens is 1. The van der Waals surface area contributed by atoms with Crippen LogP contribution in [0.15, 0.2) is 62.6 Å². The van der Waals surface area contributed by atoms with Crippen LogP contribution >= 0.6 is 12.2 Å². The predicted octanol–water partition coefficient (Wildman–Crippen LogP) is 0.566. The summed E-state index contributed by atoms with van der Waals surface area (Å²) in [6, 6.07) is 8.73. The molecular weight excluding hydrogens is 627 g/mol. The minimum atomic E-state index is -1.40. The van der Waals surface area contributed by atoms with E-state index in [1.54, 1.807) is 0 Å². The number of benzene rings is 2. The number of rotatable bonds is 11. The summed E-state index contributed by atoms with van der Waals surface area (Å²) in [5.74, 6) is -4.73. The third kappa shape index (κ3) is 6.04. The molecule has 46 heavy (non-hydrogen) atoms. The Hall–Kier alpha value is -6.30. The van der Waals surface area contributed by atoms with Crippen LogP contribution in [0.3, 0.4) is 0 Å². The molecule has 234 valence electrons. The van der Waals surface area contributed by atoms with Crippen molar-refractivity contribution in [1.29, 1.82) is 0 Å². The van der Waals surface area contributed by atoms with E-state index in [0.29, 0.717) is 5.56 Å². The standard InChI is InChI=1S/C28H21FN8O8S/c29-15-6-1-11(7-14(15)10-32-20-18(30)21(38)22(20)39)9-33-24(41)16-8-17(37-27(34-16)36-45-28(37)46)25(42)35-19(23(31)40)12-2-4-13(5-3-12)26(43)44/h1-8,19,32H,9-10,30H2,(H2,31,40)(H,33,41)(H,35,42)(H,43,44)/t19-/m1/s1. The molecule has 0 radical (unpaired) electrons. The quantitative estimate of drug-likeness (QED) is 0.0847. The van der Waals surface area contributed by atoms with Gasteiger partial charge in [-0.25, -0.2) is 18.6 Å². The lowest BCUT2D eigenvalue weighted by Gasteiger charge is -2.17. The smallest absolute Gasteiger partial charge is 0.335 e. The maximum atomic E-state index is 14.4. The Balaban J connectivity index is 1.34. The summed E-state index contributed by atoms with van der Waals surface area (Å²) in [6.45, 7) is -0.286. The van der Waals surface area contributed by atoms with Crippen LogP contribution in [0.1, 0.15) is 54.1 Å². The molecule has 5 aromatic rings. The van der Waals surface area contributed by atoms with Gasteiger partial charge in [-0.05, 0) is 58.8 Å². The van der Waals surface area contributed by atoms with E-state index in [2.05, 4.69) is 26.1 Å².